The molecule has 1 spiro atoms. The molecule has 2 unspecified atom stereocenters. The van der Waals surface area contributed by atoms with Crippen LogP contribution in [0.4, 0.5) is 5.69 Å². The summed E-state index contributed by atoms with van der Waals surface area (Å²) in [5, 5.41) is 2.86. The van der Waals surface area contributed by atoms with Crippen molar-refractivity contribution in [2.24, 2.45) is 5.92 Å². The number of hydrogen-bond acceptors (Lipinski definition) is 3. The number of benzene rings is 1. The molecule has 0 radical (unpaired) electrons. The smallest absolute Gasteiger partial charge is 0.238 e. The normalized spacial score (nSPS) is 25.4. The molecule has 22 heavy (non-hydrogen) atoms. The second-order valence-electron chi connectivity index (χ2n) is 5.91. The van der Waals surface area contributed by atoms with Crippen LogP contribution in [-0.2, 0) is 21.5 Å². The molecular weight excluding hydrogens is 280 g/mol. The second-order valence-corrected chi connectivity index (χ2v) is 5.91. The fourth-order valence-electron chi connectivity index (χ4n) is 3.49. The monoisotopic (exact) mass is 296 g/mol. The Morgan fingerprint density at radius 2 is 2.18 bits per heavy atom. The number of fused-ring (bicyclic) bond motifs is 2. The Labute approximate surface area is 127 Å². The molecule has 1 aromatic carbocycles. The number of amides is 2. The maximum absolute atomic E-state index is 12.6. The molecule has 1 aromatic heterocycles. The van der Waals surface area contributed by atoms with E-state index in [2.05, 4.69) is 5.32 Å². The van der Waals surface area contributed by atoms with Gasteiger partial charge in [0.05, 0.1) is 24.1 Å². The molecule has 2 heterocycles. The van der Waals surface area contributed by atoms with Crippen LogP contribution in [0.1, 0.15) is 17.7 Å². The van der Waals surface area contributed by atoms with Gasteiger partial charge in [-0.05, 0) is 30.2 Å². The van der Waals surface area contributed by atoms with Crippen molar-refractivity contribution >= 4 is 17.5 Å². The lowest BCUT2D eigenvalue weighted by atomic mass is 9.94. The van der Waals surface area contributed by atoms with Gasteiger partial charge in [0.25, 0.3) is 0 Å². The topological polar surface area (TPSA) is 62.6 Å². The number of nitrogens with one attached hydrogen (secondary N) is 1. The Morgan fingerprint density at radius 1 is 1.36 bits per heavy atom. The van der Waals surface area contributed by atoms with Crippen LogP contribution in [0.3, 0.4) is 0 Å². The summed E-state index contributed by atoms with van der Waals surface area (Å²) in [5.41, 5.74) is 1.23. The van der Waals surface area contributed by atoms with Gasteiger partial charge in [-0.3, -0.25) is 9.59 Å². The largest absolute Gasteiger partial charge is 0.467 e. The summed E-state index contributed by atoms with van der Waals surface area (Å²) in [7, 11) is 1.77. The molecule has 5 nitrogen and oxygen atoms in total. The van der Waals surface area contributed by atoms with Gasteiger partial charge in [0.2, 0.25) is 11.8 Å². The number of para-hydroxylation sites is 1. The van der Waals surface area contributed by atoms with Gasteiger partial charge in [0, 0.05) is 12.7 Å². The standard InChI is InChI=1S/C17H16N2O3/c1-19-14-7-3-2-6-12(14)17(16(19)21)9-13(17)15(20)18-10-11-5-4-8-22-11/h2-8,13H,9-10H2,1H3,(H,18,20). The van der Waals surface area contributed by atoms with Gasteiger partial charge in [-0.15, -0.1) is 0 Å². The minimum absolute atomic E-state index is 0.0202. The van der Waals surface area contributed by atoms with Crippen LogP contribution in [0.25, 0.3) is 0 Å². The fourth-order valence-corrected chi connectivity index (χ4v) is 3.49. The molecule has 112 valence electrons. The molecule has 2 aliphatic rings. The number of nitrogens with zero attached hydrogens (tertiary/aromatic N) is 1. The zero-order valence-electron chi connectivity index (χ0n) is 12.2. The number of anilines is 1. The predicted molar refractivity (Wildman–Crippen MR) is 80.2 cm³/mol. The highest BCUT2D eigenvalue weighted by Gasteiger charge is 2.68. The molecule has 1 N–H and O–H groups in total. The number of likely N-dealkylation sites (N-methyl/N-ethyl adjacent to an activating group) is 1. The van der Waals surface area contributed by atoms with Gasteiger partial charge in [-0.1, -0.05) is 18.2 Å². The van der Waals surface area contributed by atoms with E-state index in [9.17, 15) is 9.59 Å². The maximum Gasteiger partial charge on any atom is 0.238 e. The highest BCUT2D eigenvalue weighted by Crippen LogP contribution is 2.61. The Morgan fingerprint density at radius 3 is 2.95 bits per heavy atom. The summed E-state index contributed by atoms with van der Waals surface area (Å²) in [5.74, 6) is 0.348. The number of rotatable bonds is 3. The van der Waals surface area contributed by atoms with Crippen LogP contribution in [0.15, 0.2) is 47.1 Å². The van der Waals surface area contributed by atoms with Crippen molar-refractivity contribution in [2.45, 2.75) is 18.4 Å². The van der Waals surface area contributed by atoms with E-state index >= 15 is 0 Å². The third-order valence-electron chi connectivity index (χ3n) is 4.73. The molecule has 1 aliphatic heterocycles. The van der Waals surface area contributed by atoms with Gasteiger partial charge < -0.3 is 14.6 Å². The van der Waals surface area contributed by atoms with E-state index in [1.54, 1.807) is 24.3 Å². The average molecular weight is 296 g/mol. The third-order valence-corrected chi connectivity index (χ3v) is 4.73. The lowest BCUT2D eigenvalue weighted by molar-refractivity contribution is -0.126. The summed E-state index contributed by atoms with van der Waals surface area (Å²) in [6.45, 7) is 0.351. The van der Waals surface area contributed by atoms with Gasteiger partial charge in [-0.2, -0.15) is 0 Å². The molecule has 1 fully saturated rings. The van der Waals surface area contributed by atoms with Crippen molar-refractivity contribution in [1.29, 1.82) is 0 Å². The van der Waals surface area contributed by atoms with Crippen LogP contribution >= 0.6 is 0 Å². The first-order valence-corrected chi connectivity index (χ1v) is 7.32. The molecule has 5 heteroatoms. The van der Waals surface area contributed by atoms with Crippen LogP contribution in [0, 0.1) is 5.92 Å². The van der Waals surface area contributed by atoms with Gasteiger partial charge >= 0.3 is 0 Å². The predicted octanol–water partition coefficient (Wildman–Crippen LogP) is 1.83. The molecule has 1 aliphatic carbocycles. The molecule has 2 aromatic rings. The highest BCUT2D eigenvalue weighted by atomic mass is 16.3. The van der Waals surface area contributed by atoms with Gasteiger partial charge in [0.15, 0.2) is 0 Å². The summed E-state index contributed by atoms with van der Waals surface area (Å²) in [6, 6.07) is 11.3. The van der Waals surface area contributed by atoms with Crippen molar-refractivity contribution in [3.63, 3.8) is 0 Å². The Hall–Kier alpha value is -2.56. The minimum Gasteiger partial charge on any atom is -0.467 e. The van der Waals surface area contributed by atoms with E-state index in [0.29, 0.717) is 18.7 Å². The van der Waals surface area contributed by atoms with Crippen molar-refractivity contribution in [1.82, 2.24) is 5.32 Å². The second kappa shape index (κ2) is 4.47. The Kier molecular flexibility index (Phi) is 2.66. The Balaban J connectivity index is 1.55. The SMILES string of the molecule is CN1C(=O)C2(CC2C(=O)NCc2ccco2)c2ccccc21. The number of carbonyl (C=O) groups excluding carboxylic acids is 2. The van der Waals surface area contributed by atoms with Gasteiger partial charge in [-0.25, -0.2) is 0 Å². The fraction of sp³-hybridized carbons (Fsp3) is 0.294. The van der Waals surface area contributed by atoms with E-state index in [0.717, 1.165) is 11.3 Å². The summed E-state index contributed by atoms with van der Waals surface area (Å²) < 4.78 is 5.21. The van der Waals surface area contributed by atoms with Crippen molar-refractivity contribution in [2.75, 3.05) is 11.9 Å². The first-order valence-electron chi connectivity index (χ1n) is 7.32. The highest BCUT2D eigenvalue weighted by molar-refractivity contribution is 6.13. The first kappa shape index (κ1) is 13.1. The van der Waals surface area contributed by atoms with Crippen LogP contribution in [0.2, 0.25) is 0 Å². The van der Waals surface area contributed by atoms with Crippen molar-refractivity contribution in [3.05, 3.63) is 54.0 Å². The van der Waals surface area contributed by atoms with Crippen LogP contribution < -0.4 is 10.2 Å². The number of hydrogen-bond donors (Lipinski definition) is 1. The van der Waals surface area contributed by atoms with Crippen molar-refractivity contribution < 1.29 is 14.0 Å². The number of furan rings is 1. The zero-order valence-corrected chi connectivity index (χ0v) is 12.2. The zero-order chi connectivity index (χ0) is 15.3. The lowest BCUT2D eigenvalue weighted by Crippen LogP contribution is -2.34. The molecule has 2 atom stereocenters. The summed E-state index contributed by atoms with van der Waals surface area (Å²) in [6.07, 6.45) is 2.16. The summed E-state index contributed by atoms with van der Waals surface area (Å²) >= 11 is 0. The maximum atomic E-state index is 12.6. The molecule has 0 bridgehead atoms. The van der Waals surface area contributed by atoms with Crippen molar-refractivity contribution in [3.8, 4) is 0 Å². The van der Waals surface area contributed by atoms with E-state index in [1.807, 2.05) is 30.3 Å². The quantitative estimate of drug-likeness (QED) is 0.940. The average Bonchev–Trinajstić information content (AvgIpc) is 3.01. The van der Waals surface area contributed by atoms with E-state index in [4.69, 9.17) is 4.42 Å². The summed E-state index contributed by atoms with van der Waals surface area (Å²) in [4.78, 5) is 26.7. The van der Waals surface area contributed by atoms with E-state index in [1.165, 1.54) is 0 Å². The number of carbonyl (C=O) groups is 2. The van der Waals surface area contributed by atoms with E-state index < -0.39 is 5.41 Å². The molecule has 1 saturated carbocycles. The Bertz CT molecular complexity index is 753. The molecule has 0 saturated heterocycles. The molecular formula is C17H16N2O3. The van der Waals surface area contributed by atoms with Crippen LogP contribution in [0.5, 0.6) is 0 Å². The van der Waals surface area contributed by atoms with Gasteiger partial charge in [0.1, 0.15) is 5.76 Å². The minimum atomic E-state index is -0.654. The lowest BCUT2D eigenvalue weighted by Gasteiger charge is -2.11. The molecule has 2 amide bonds. The van der Waals surface area contributed by atoms with Crippen LogP contribution in [-0.4, -0.2) is 18.9 Å². The van der Waals surface area contributed by atoms with E-state index in [-0.39, 0.29) is 17.7 Å². The first-order chi connectivity index (χ1) is 10.6. The third kappa shape index (κ3) is 1.65. The molecule has 4 rings (SSSR count).